The first-order valence-corrected chi connectivity index (χ1v) is 14.1. The standard InChI is InChI=1S/C33H32N6O3/c40-31-17-12-25-24-34-33(36-26-13-15-27(16-14-26)38-21-7-20-35-38)37-32(25)39(31)28(18-22-41-29-8-3-1-4-9-29)19-23-42-30-10-5-2-6-11-30/h1-11,13-16,20-21,24,28H,12,17-19,22-23H2,(H,34,36,37). The van der Waals surface area contributed by atoms with E-state index in [1.54, 1.807) is 10.9 Å². The van der Waals surface area contributed by atoms with Crippen molar-refractivity contribution in [1.29, 1.82) is 0 Å². The van der Waals surface area contributed by atoms with Gasteiger partial charge in [-0.05, 0) is 61.0 Å². The number of hydrogen-bond donors (Lipinski definition) is 1. The first-order valence-electron chi connectivity index (χ1n) is 14.1. The van der Waals surface area contributed by atoms with Gasteiger partial charge in [0.1, 0.15) is 17.3 Å². The molecule has 0 atom stereocenters. The number of anilines is 3. The van der Waals surface area contributed by atoms with Gasteiger partial charge in [0.25, 0.3) is 0 Å². The van der Waals surface area contributed by atoms with Crippen molar-refractivity contribution in [3.05, 3.63) is 115 Å². The van der Waals surface area contributed by atoms with E-state index in [2.05, 4.69) is 15.4 Å². The van der Waals surface area contributed by atoms with Gasteiger partial charge in [-0.15, -0.1) is 0 Å². The van der Waals surface area contributed by atoms with Crippen LogP contribution in [0.15, 0.2) is 110 Å². The number of aryl methyl sites for hydroxylation is 1. The number of aromatic nitrogens is 4. The van der Waals surface area contributed by atoms with E-state index < -0.39 is 0 Å². The second kappa shape index (κ2) is 13.0. The number of benzene rings is 3. The van der Waals surface area contributed by atoms with E-state index in [4.69, 9.17) is 14.5 Å². The third-order valence-electron chi connectivity index (χ3n) is 7.13. The van der Waals surface area contributed by atoms with Crippen LogP contribution in [0.4, 0.5) is 17.5 Å². The molecule has 5 aromatic rings. The van der Waals surface area contributed by atoms with Crippen molar-refractivity contribution in [3.63, 3.8) is 0 Å². The van der Waals surface area contributed by atoms with E-state index in [0.29, 0.717) is 50.7 Å². The maximum atomic E-state index is 13.4. The lowest BCUT2D eigenvalue weighted by molar-refractivity contribution is -0.119. The van der Waals surface area contributed by atoms with Crippen LogP contribution in [0.2, 0.25) is 0 Å². The Bertz CT molecular complexity index is 1530. The number of amides is 1. The number of para-hydroxylation sites is 2. The van der Waals surface area contributed by atoms with Crippen LogP contribution in [0.5, 0.6) is 11.5 Å². The number of nitrogens with one attached hydrogen (secondary N) is 1. The normalized spacial score (nSPS) is 12.7. The summed E-state index contributed by atoms with van der Waals surface area (Å²) in [4.78, 5) is 24.7. The minimum atomic E-state index is -0.167. The Hall–Kier alpha value is -5.18. The topological polar surface area (TPSA) is 94.4 Å². The van der Waals surface area contributed by atoms with E-state index >= 15 is 0 Å². The second-order valence-electron chi connectivity index (χ2n) is 9.98. The second-order valence-corrected chi connectivity index (χ2v) is 9.98. The molecule has 0 radical (unpaired) electrons. The zero-order chi connectivity index (χ0) is 28.6. The molecule has 42 heavy (non-hydrogen) atoms. The first kappa shape index (κ1) is 27.0. The lowest BCUT2D eigenvalue weighted by Gasteiger charge is -2.35. The summed E-state index contributed by atoms with van der Waals surface area (Å²) in [7, 11) is 0. The molecule has 0 unspecified atom stereocenters. The van der Waals surface area contributed by atoms with Crippen LogP contribution in [-0.2, 0) is 11.2 Å². The Morgan fingerprint density at radius 3 is 2.10 bits per heavy atom. The van der Waals surface area contributed by atoms with Gasteiger partial charge in [0.05, 0.1) is 18.9 Å². The Kier molecular flexibility index (Phi) is 8.35. The zero-order valence-corrected chi connectivity index (χ0v) is 23.2. The summed E-state index contributed by atoms with van der Waals surface area (Å²) in [5, 5.41) is 7.56. The highest BCUT2D eigenvalue weighted by Gasteiger charge is 2.32. The number of ether oxygens (including phenoxy) is 2. The Morgan fingerprint density at radius 1 is 0.810 bits per heavy atom. The molecular weight excluding hydrogens is 528 g/mol. The molecule has 1 aliphatic heterocycles. The number of carbonyl (C=O) groups excluding carboxylic acids is 1. The molecule has 1 amide bonds. The average molecular weight is 561 g/mol. The summed E-state index contributed by atoms with van der Waals surface area (Å²) < 4.78 is 13.8. The van der Waals surface area contributed by atoms with Crippen molar-refractivity contribution in [2.45, 2.75) is 31.7 Å². The van der Waals surface area contributed by atoms with Crippen molar-refractivity contribution in [3.8, 4) is 17.2 Å². The summed E-state index contributed by atoms with van der Waals surface area (Å²) in [5.41, 5.74) is 2.74. The summed E-state index contributed by atoms with van der Waals surface area (Å²) in [5.74, 6) is 2.71. The monoisotopic (exact) mass is 560 g/mol. The van der Waals surface area contributed by atoms with Gasteiger partial charge in [0.2, 0.25) is 11.9 Å². The summed E-state index contributed by atoms with van der Waals surface area (Å²) in [6, 6.07) is 29.0. The van der Waals surface area contributed by atoms with E-state index in [0.717, 1.165) is 28.4 Å². The molecule has 0 saturated carbocycles. The molecule has 0 saturated heterocycles. The fraction of sp³-hybridized carbons (Fsp3) is 0.212. The maximum absolute atomic E-state index is 13.4. The van der Waals surface area contributed by atoms with E-state index in [1.807, 2.05) is 108 Å². The number of fused-ring (bicyclic) bond motifs is 1. The Morgan fingerprint density at radius 2 is 1.48 bits per heavy atom. The molecule has 0 bridgehead atoms. The van der Waals surface area contributed by atoms with Gasteiger partial charge in [-0.1, -0.05) is 36.4 Å². The minimum Gasteiger partial charge on any atom is -0.494 e. The average Bonchev–Trinajstić information content (AvgIpc) is 3.57. The fourth-order valence-electron chi connectivity index (χ4n) is 5.01. The van der Waals surface area contributed by atoms with Crippen LogP contribution < -0.4 is 19.7 Å². The highest BCUT2D eigenvalue weighted by atomic mass is 16.5. The highest BCUT2D eigenvalue weighted by Crippen LogP contribution is 2.31. The van der Waals surface area contributed by atoms with Crippen LogP contribution in [0.3, 0.4) is 0 Å². The molecule has 9 heteroatoms. The van der Waals surface area contributed by atoms with Crippen molar-refractivity contribution in [2.24, 2.45) is 0 Å². The van der Waals surface area contributed by atoms with Crippen molar-refractivity contribution >= 4 is 23.4 Å². The SMILES string of the molecule is O=C1CCc2cnc(Nc3ccc(-n4cccn4)cc3)nc2N1C(CCOc1ccccc1)CCOc1ccccc1. The predicted octanol–water partition coefficient (Wildman–Crippen LogP) is 5.99. The van der Waals surface area contributed by atoms with Gasteiger partial charge in [-0.3, -0.25) is 9.69 Å². The van der Waals surface area contributed by atoms with Crippen molar-refractivity contribution in [2.75, 3.05) is 23.4 Å². The minimum absolute atomic E-state index is 0.0418. The summed E-state index contributed by atoms with van der Waals surface area (Å²) >= 11 is 0. The Balaban J connectivity index is 1.21. The maximum Gasteiger partial charge on any atom is 0.229 e. The molecule has 3 heterocycles. The number of hydrogen-bond acceptors (Lipinski definition) is 7. The quantitative estimate of drug-likeness (QED) is 0.200. The number of nitrogens with zero attached hydrogens (tertiary/aromatic N) is 5. The van der Waals surface area contributed by atoms with Gasteiger partial charge in [-0.25, -0.2) is 9.67 Å². The molecule has 0 spiro atoms. The van der Waals surface area contributed by atoms with Gasteiger partial charge < -0.3 is 14.8 Å². The van der Waals surface area contributed by atoms with E-state index in [9.17, 15) is 4.79 Å². The number of carbonyl (C=O) groups is 1. The van der Waals surface area contributed by atoms with Gasteiger partial charge in [0.15, 0.2) is 0 Å². The van der Waals surface area contributed by atoms with Crippen LogP contribution in [0.1, 0.15) is 24.8 Å². The molecular formula is C33H32N6O3. The van der Waals surface area contributed by atoms with E-state index in [1.165, 1.54) is 0 Å². The molecule has 3 aromatic carbocycles. The predicted molar refractivity (Wildman–Crippen MR) is 162 cm³/mol. The molecule has 6 rings (SSSR count). The van der Waals surface area contributed by atoms with Crippen LogP contribution in [-0.4, -0.2) is 44.9 Å². The molecule has 212 valence electrons. The lowest BCUT2D eigenvalue weighted by Crippen LogP contribution is -2.45. The van der Waals surface area contributed by atoms with Crippen LogP contribution in [0, 0.1) is 0 Å². The third kappa shape index (κ3) is 6.58. The van der Waals surface area contributed by atoms with Gasteiger partial charge in [0, 0.05) is 55.1 Å². The number of rotatable bonds is 12. The largest absolute Gasteiger partial charge is 0.494 e. The third-order valence-corrected chi connectivity index (χ3v) is 7.13. The van der Waals surface area contributed by atoms with Crippen molar-refractivity contribution in [1.82, 2.24) is 19.7 Å². The highest BCUT2D eigenvalue weighted by molar-refractivity contribution is 5.96. The first-order chi connectivity index (χ1) is 20.7. The zero-order valence-electron chi connectivity index (χ0n) is 23.2. The fourth-order valence-corrected chi connectivity index (χ4v) is 5.01. The van der Waals surface area contributed by atoms with Crippen molar-refractivity contribution < 1.29 is 14.3 Å². The van der Waals surface area contributed by atoms with Gasteiger partial charge in [-0.2, -0.15) is 10.1 Å². The summed E-state index contributed by atoms with van der Waals surface area (Å²) in [6.45, 7) is 0.913. The molecule has 9 nitrogen and oxygen atoms in total. The van der Waals surface area contributed by atoms with Gasteiger partial charge >= 0.3 is 0 Å². The lowest BCUT2D eigenvalue weighted by atomic mass is 10.0. The Labute approximate surface area is 244 Å². The van der Waals surface area contributed by atoms with Crippen LogP contribution in [0.25, 0.3) is 5.69 Å². The smallest absolute Gasteiger partial charge is 0.229 e. The summed E-state index contributed by atoms with van der Waals surface area (Å²) in [6.07, 6.45) is 7.73. The van der Waals surface area contributed by atoms with Crippen LogP contribution >= 0.6 is 0 Å². The molecule has 1 N–H and O–H groups in total. The van der Waals surface area contributed by atoms with E-state index in [-0.39, 0.29) is 11.9 Å². The molecule has 1 aliphatic rings. The molecule has 2 aromatic heterocycles. The molecule has 0 fully saturated rings. The molecule has 0 aliphatic carbocycles.